The number of esters is 1. The summed E-state index contributed by atoms with van der Waals surface area (Å²) in [6.07, 6.45) is 2.59. The number of nitrogens with zero attached hydrogens (tertiary/aromatic N) is 3. The molecule has 0 saturated heterocycles. The number of aryl methyl sites for hydroxylation is 1. The first-order valence-electron chi connectivity index (χ1n) is 9.35. The maximum atomic E-state index is 12.4. The maximum absolute atomic E-state index is 12.4. The predicted molar refractivity (Wildman–Crippen MR) is 108 cm³/mol. The zero-order valence-electron chi connectivity index (χ0n) is 16.5. The lowest BCUT2D eigenvalue weighted by molar-refractivity contribution is 0.0464. The van der Waals surface area contributed by atoms with E-state index in [1.807, 2.05) is 20.8 Å². The van der Waals surface area contributed by atoms with E-state index in [0.717, 1.165) is 54.2 Å². The molecule has 7 heteroatoms. The molecule has 0 spiro atoms. The van der Waals surface area contributed by atoms with Gasteiger partial charge in [-0.05, 0) is 44.5 Å². The Morgan fingerprint density at radius 2 is 2.04 bits per heavy atom. The van der Waals surface area contributed by atoms with Crippen molar-refractivity contribution in [2.45, 2.75) is 41.0 Å². The summed E-state index contributed by atoms with van der Waals surface area (Å²) >= 11 is 1.38. The van der Waals surface area contributed by atoms with Gasteiger partial charge >= 0.3 is 5.97 Å². The second kappa shape index (κ2) is 9.83. The predicted octanol–water partition coefficient (Wildman–Crippen LogP) is 3.96. The number of nitrogens with one attached hydrogen (secondary N) is 1. The van der Waals surface area contributed by atoms with Crippen LogP contribution in [0.25, 0.3) is 10.2 Å². The van der Waals surface area contributed by atoms with E-state index in [9.17, 15) is 4.79 Å². The Bertz CT molecular complexity index is 726. The number of hydrogen-bond donors (Lipinski definition) is 1. The van der Waals surface area contributed by atoms with E-state index in [2.05, 4.69) is 34.0 Å². The molecule has 1 N–H and O–H groups in total. The zero-order valence-corrected chi connectivity index (χ0v) is 17.3. The molecule has 0 radical (unpaired) electrons. The molecule has 0 unspecified atom stereocenters. The third-order valence-corrected chi connectivity index (χ3v) is 5.48. The summed E-state index contributed by atoms with van der Waals surface area (Å²) in [6, 6.07) is 0. The summed E-state index contributed by atoms with van der Waals surface area (Å²) in [7, 11) is 0. The highest BCUT2D eigenvalue weighted by Crippen LogP contribution is 2.33. The Labute approximate surface area is 160 Å². The van der Waals surface area contributed by atoms with Gasteiger partial charge in [-0.1, -0.05) is 27.7 Å². The number of anilines is 1. The topological polar surface area (TPSA) is 67.3 Å². The van der Waals surface area contributed by atoms with Gasteiger partial charge in [0.2, 0.25) is 0 Å². The second-order valence-electron chi connectivity index (χ2n) is 6.76. The van der Waals surface area contributed by atoms with Crippen LogP contribution in [0.15, 0.2) is 6.33 Å². The maximum Gasteiger partial charge on any atom is 0.348 e. The molecule has 0 aliphatic carbocycles. The Hall–Kier alpha value is -1.73. The Morgan fingerprint density at radius 1 is 1.31 bits per heavy atom. The molecule has 0 amide bonds. The van der Waals surface area contributed by atoms with Gasteiger partial charge < -0.3 is 15.0 Å². The molecule has 0 fully saturated rings. The summed E-state index contributed by atoms with van der Waals surface area (Å²) in [5.74, 6) is 0.842. The molecule has 144 valence electrons. The number of hydrogen-bond acceptors (Lipinski definition) is 7. The van der Waals surface area contributed by atoms with Gasteiger partial charge in [0.05, 0.1) is 12.0 Å². The first-order valence-corrected chi connectivity index (χ1v) is 10.2. The van der Waals surface area contributed by atoms with Crippen molar-refractivity contribution < 1.29 is 9.53 Å². The minimum Gasteiger partial charge on any atom is -0.461 e. The number of fused-ring (bicyclic) bond motifs is 1. The van der Waals surface area contributed by atoms with Crippen LogP contribution in [-0.4, -0.2) is 53.6 Å². The van der Waals surface area contributed by atoms with E-state index in [-0.39, 0.29) is 5.97 Å². The van der Waals surface area contributed by atoms with E-state index in [4.69, 9.17) is 4.74 Å². The molecule has 26 heavy (non-hydrogen) atoms. The fourth-order valence-electron chi connectivity index (χ4n) is 2.76. The molecule has 2 heterocycles. The molecular formula is C19H30N4O2S. The van der Waals surface area contributed by atoms with Gasteiger partial charge in [-0.25, -0.2) is 14.8 Å². The lowest BCUT2D eigenvalue weighted by atomic mass is 10.2. The van der Waals surface area contributed by atoms with E-state index in [1.165, 1.54) is 11.3 Å². The molecule has 0 bridgehead atoms. The molecule has 0 aliphatic rings. The minimum absolute atomic E-state index is 0.272. The van der Waals surface area contributed by atoms with Crippen molar-refractivity contribution in [1.29, 1.82) is 0 Å². The molecular weight excluding hydrogens is 348 g/mol. The number of thiophene rings is 1. The van der Waals surface area contributed by atoms with Crippen LogP contribution in [0.2, 0.25) is 0 Å². The van der Waals surface area contributed by atoms with Crippen molar-refractivity contribution in [1.82, 2.24) is 14.9 Å². The van der Waals surface area contributed by atoms with Gasteiger partial charge in [-0.3, -0.25) is 0 Å². The van der Waals surface area contributed by atoms with Gasteiger partial charge in [0, 0.05) is 6.54 Å². The molecule has 0 aromatic carbocycles. The highest BCUT2D eigenvalue weighted by Gasteiger charge is 2.20. The highest BCUT2D eigenvalue weighted by atomic mass is 32.1. The summed E-state index contributed by atoms with van der Waals surface area (Å²) in [5, 5.41) is 4.34. The Balaban J connectivity index is 2.10. The third kappa shape index (κ3) is 5.14. The lowest BCUT2D eigenvalue weighted by Crippen LogP contribution is -2.25. The third-order valence-electron chi connectivity index (χ3n) is 4.30. The smallest absolute Gasteiger partial charge is 0.348 e. The van der Waals surface area contributed by atoms with Crippen LogP contribution in [0, 0.1) is 12.8 Å². The van der Waals surface area contributed by atoms with Crippen molar-refractivity contribution >= 4 is 33.3 Å². The molecule has 0 atom stereocenters. The Morgan fingerprint density at radius 3 is 2.69 bits per heavy atom. The van der Waals surface area contributed by atoms with Crippen molar-refractivity contribution in [3.05, 3.63) is 16.8 Å². The van der Waals surface area contributed by atoms with Crippen LogP contribution in [0.3, 0.4) is 0 Å². The first-order chi connectivity index (χ1) is 12.5. The van der Waals surface area contributed by atoms with E-state index >= 15 is 0 Å². The average Bonchev–Trinajstić information content (AvgIpc) is 2.97. The molecule has 2 aromatic rings. The minimum atomic E-state index is -0.272. The van der Waals surface area contributed by atoms with E-state index < -0.39 is 0 Å². The summed E-state index contributed by atoms with van der Waals surface area (Å²) in [5.41, 5.74) is 0.894. The fraction of sp³-hybridized carbons (Fsp3) is 0.632. The number of aromatic nitrogens is 2. The molecule has 0 saturated carbocycles. The highest BCUT2D eigenvalue weighted by molar-refractivity contribution is 7.20. The summed E-state index contributed by atoms with van der Waals surface area (Å²) in [4.78, 5) is 24.9. The van der Waals surface area contributed by atoms with Crippen LogP contribution >= 0.6 is 11.3 Å². The molecule has 6 nitrogen and oxygen atoms in total. The van der Waals surface area contributed by atoms with E-state index in [0.29, 0.717) is 17.4 Å². The normalized spacial score (nSPS) is 11.5. The molecule has 0 aliphatic heterocycles. The summed E-state index contributed by atoms with van der Waals surface area (Å²) in [6.45, 7) is 14.8. The SMILES string of the molecule is CCN(CC)CCCNc1ncnc2sc(C(=O)OCC(C)C)c(C)c12. The summed E-state index contributed by atoms with van der Waals surface area (Å²) < 4.78 is 5.39. The van der Waals surface area contributed by atoms with Crippen LogP contribution < -0.4 is 5.32 Å². The van der Waals surface area contributed by atoms with Crippen molar-refractivity contribution in [3.8, 4) is 0 Å². The van der Waals surface area contributed by atoms with Crippen molar-refractivity contribution in [2.75, 3.05) is 38.1 Å². The number of rotatable bonds is 10. The van der Waals surface area contributed by atoms with Crippen molar-refractivity contribution in [3.63, 3.8) is 0 Å². The van der Waals surface area contributed by atoms with Gasteiger partial charge in [0.15, 0.2) is 0 Å². The van der Waals surface area contributed by atoms with Crippen molar-refractivity contribution in [2.24, 2.45) is 5.92 Å². The number of carbonyl (C=O) groups is 1. The van der Waals surface area contributed by atoms with Crippen LogP contribution in [0.4, 0.5) is 5.82 Å². The monoisotopic (exact) mass is 378 g/mol. The quantitative estimate of drug-likeness (QED) is 0.499. The van der Waals surface area contributed by atoms with Gasteiger partial charge in [0.1, 0.15) is 21.9 Å². The standard InChI is InChI=1S/C19H30N4O2S/c1-6-23(7-2)10-8-9-20-17-15-14(5)16(19(24)25-11-13(3)4)26-18(15)22-12-21-17/h12-13H,6-11H2,1-5H3,(H,20,21,22). The van der Waals surface area contributed by atoms with Crippen LogP contribution in [0.5, 0.6) is 0 Å². The number of carbonyl (C=O) groups excluding carboxylic acids is 1. The molecule has 2 aromatic heterocycles. The van der Waals surface area contributed by atoms with Crippen LogP contribution in [-0.2, 0) is 4.74 Å². The Kier molecular flexibility index (Phi) is 7.78. The fourth-order valence-corrected chi connectivity index (χ4v) is 3.80. The van der Waals surface area contributed by atoms with Gasteiger partial charge in [0.25, 0.3) is 0 Å². The van der Waals surface area contributed by atoms with Gasteiger partial charge in [-0.15, -0.1) is 11.3 Å². The van der Waals surface area contributed by atoms with E-state index in [1.54, 1.807) is 6.33 Å². The zero-order chi connectivity index (χ0) is 19.1. The first kappa shape index (κ1) is 20.6. The largest absolute Gasteiger partial charge is 0.461 e. The molecule has 2 rings (SSSR count). The second-order valence-corrected chi connectivity index (χ2v) is 7.76. The van der Waals surface area contributed by atoms with Gasteiger partial charge in [-0.2, -0.15) is 0 Å². The lowest BCUT2D eigenvalue weighted by Gasteiger charge is -2.17. The number of ether oxygens (including phenoxy) is 1. The van der Waals surface area contributed by atoms with Crippen LogP contribution in [0.1, 0.15) is 49.4 Å². The average molecular weight is 379 g/mol.